The number of hydrogen-bond donors (Lipinski definition) is 1. The Morgan fingerprint density at radius 3 is 2.83 bits per heavy atom. The van der Waals surface area contributed by atoms with E-state index in [1.54, 1.807) is 17.4 Å². The number of likely N-dealkylation sites (tertiary alicyclic amines) is 1. The van der Waals surface area contributed by atoms with E-state index in [0.717, 1.165) is 13.1 Å². The second-order valence-corrected chi connectivity index (χ2v) is 6.30. The highest BCUT2D eigenvalue weighted by atomic mass is 32.1. The first-order chi connectivity index (χ1) is 11.2. The molecule has 0 spiro atoms. The van der Waals surface area contributed by atoms with Crippen LogP contribution < -0.4 is 10.1 Å². The average Bonchev–Trinajstić information content (AvgIpc) is 3.03. The number of methoxy groups -OCH3 is 1. The number of halogens is 1. The molecule has 4 nitrogen and oxygen atoms in total. The summed E-state index contributed by atoms with van der Waals surface area (Å²) in [4.78, 5) is 14.6. The fourth-order valence-electron chi connectivity index (χ4n) is 2.67. The van der Waals surface area contributed by atoms with Gasteiger partial charge in [0.1, 0.15) is 0 Å². The molecule has 0 bridgehead atoms. The first kappa shape index (κ1) is 16.0. The highest BCUT2D eigenvalue weighted by Gasteiger charge is 2.26. The second kappa shape index (κ2) is 7.10. The van der Waals surface area contributed by atoms with E-state index in [1.807, 2.05) is 5.38 Å². The molecular formula is C17H19FN2O2S. The Morgan fingerprint density at radius 1 is 1.43 bits per heavy atom. The molecule has 0 radical (unpaired) electrons. The van der Waals surface area contributed by atoms with Crippen molar-refractivity contribution in [3.8, 4) is 5.75 Å². The van der Waals surface area contributed by atoms with Crippen molar-refractivity contribution >= 4 is 17.2 Å². The maximum atomic E-state index is 13.7. The van der Waals surface area contributed by atoms with Crippen LogP contribution in [0.5, 0.6) is 5.75 Å². The highest BCUT2D eigenvalue weighted by Crippen LogP contribution is 2.27. The monoisotopic (exact) mass is 334 g/mol. The predicted molar refractivity (Wildman–Crippen MR) is 88.5 cm³/mol. The zero-order chi connectivity index (χ0) is 16.2. The van der Waals surface area contributed by atoms with Crippen LogP contribution in [0.25, 0.3) is 0 Å². The molecule has 2 heterocycles. The number of hydrogen-bond acceptors (Lipinski definition) is 4. The smallest absolute Gasteiger partial charge is 0.251 e. The lowest BCUT2D eigenvalue weighted by atomic mass is 10.0. The van der Waals surface area contributed by atoms with Crippen molar-refractivity contribution in [2.24, 2.45) is 0 Å². The van der Waals surface area contributed by atoms with Crippen LogP contribution in [0.1, 0.15) is 28.4 Å². The normalized spacial score (nSPS) is 15.7. The highest BCUT2D eigenvalue weighted by molar-refractivity contribution is 7.07. The van der Waals surface area contributed by atoms with E-state index in [-0.39, 0.29) is 17.7 Å². The number of nitrogens with zero attached hydrogens (tertiary/aromatic N) is 1. The maximum absolute atomic E-state index is 13.7. The molecule has 0 aliphatic carbocycles. The van der Waals surface area contributed by atoms with Gasteiger partial charge >= 0.3 is 0 Å². The summed E-state index contributed by atoms with van der Waals surface area (Å²) < 4.78 is 18.6. The fourth-order valence-corrected chi connectivity index (χ4v) is 3.38. The van der Waals surface area contributed by atoms with Gasteiger partial charge in [-0.3, -0.25) is 9.69 Å². The molecule has 1 amide bonds. The molecule has 1 saturated heterocycles. The molecule has 122 valence electrons. The van der Waals surface area contributed by atoms with Crippen LogP contribution in [0.2, 0.25) is 0 Å². The Hall–Kier alpha value is -1.92. The van der Waals surface area contributed by atoms with Crippen molar-refractivity contribution in [1.29, 1.82) is 0 Å². The first-order valence-corrected chi connectivity index (χ1v) is 8.51. The zero-order valence-electron chi connectivity index (χ0n) is 12.9. The lowest BCUT2D eigenvalue weighted by Gasteiger charge is -2.38. The Balaban J connectivity index is 1.66. The maximum Gasteiger partial charge on any atom is 0.251 e. The molecule has 1 N–H and O–H groups in total. The lowest BCUT2D eigenvalue weighted by molar-refractivity contribution is 0.0885. The van der Waals surface area contributed by atoms with Gasteiger partial charge in [0.15, 0.2) is 11.6 Å². The van der Waals surface area contributed by atoms with Gasteiger partial charge in [-0.1, -0.05) is 0 Å². The van der Waals surface area contributed by atoms with E-state index in [1.165, 1.54) is 31.2 Å². The third-order valence-electron chi connectivity index (χ3n) is 4.13. The lowest BCUT2D eigenvalue weighted by Crippen LogP contribution is -2.45. The standard InChI is InChI=1S/C17H19FN2O2S/c1-22-16-4-3-12(9-14(16)18)17(21)19-10-15(20-6-2-7-20)13-5-8-23-11-13/h3-5,8-9,11,15H,2,6-7,10H2,1H3,(H,19,21)/t15-/m1/s1. The molecule has 1 aliphatic heterocycles. The molecule has 6 heteroatoms. The molecule has 0 saturated carbocycles. The predicted octanol–water partition coefficient (Wildman–Crippen LogP) is 3.07. The first-order valence-electron chi connectivity index (χ1n) is 7.57. The molecule has 1 aromatic heterocycles. The number of rotatable bonds is 6. The third-order valence-corrected chi connectivity index (χ3v) is 4.83. The number of benzene rings is 1. The molecule has 23 heavy (non-hydrogen) atoms. The fraction of sp³-hybridized carbons (Fsp3) is 0.353. The minimum Gasteiger partial charge on any atom is -0.494 e. The number of amides is 1. The van der Waals surface area contributed by atoms with Gasteiger partial charge in [0, 0.05) is 25.2 Å². The molecule has 1 fully saturated rings. The summed E-state index contributed by atoms with van der Waals surface area (Å²) in [5, 5.41) is 7.08. The van der Waals surface area contributed by atoms with Crippen LogP contribution in [0.4, 0.5) is 4.39 Å². The Labute approximate surface area is 138 Å². The molecule has 1 atom stereocenters. The van der Waals surface area contributed by atoms with E-state index >= 15 is 0 Å². The summed E-state index contributed by atoms with van der Waals surface area (Å²) in [7, 11) is 1.40. The van der Waals surface area contributed by atoms with Gasteiger partial charge in [0.25, 0.3) is 5.91 Å². The SMILES string of the molecule is COc1ccc(C(=O)NC[C@H](c2ccsc2)N2CCC2)cc1F. The van der Waals surface area contributed by atoms with Crippen molar-refractivity contribution in [1.82, 2.24) is 10.2 Å². The zero-order valence-corrected chi connectivity index (χ0v) is 13.7. The van der Waals surface area contributed by atoms with Crippen LogP contribution in [-0.2, 0) is 0 Å². The number of nitrogens with one attached hydrogen (secondary N) is 1. The summed E-state index contributed by atoms with van der Waals surface area (Å²) in [6, 6.07) is 6.52. The van der Waals surface area contributed by atoms with Crippen molar-refractivity contribution < 1.29 is 13.9 Å². The molecular weight excluding hydrogens is 315 g/mol. The topological polar surface area (TPSA) is 41.6 Å². The van der Waals surface area contributed by atoms with Crippen LogP contribution in [-0.4, -0.2) is 37.6 Å². The molecule has 2 aromatic rings. The van der Waals surface area contributed by atoms with Gasteiger partial charge in [-0.05, 0) is 47.0 Å². The van der Waals surface area contributed by atoms with Crippen LogP contribution in [0.3, 0.4) is 0 Å². The van der Waals surface area contributed by atoms with Crippen LogP contribution >= 0.6 is 11.3 Å². The number of carbonyl (C=O) groups excluding carboxylic acids is 1. The quantitative estimate of drug-likeness (QED) is 0.883. The van der Waals surface area contributed by atoms with Gasteiger partial charge < -0.3 is 10.1 Å². The summed E-state index contributed by atoms with van der Waals surface area (Å²) in [6.45, 7) is 2.62. The van der Waals surface area contributed by atoms with Gasteiger partial charge in [0.05, 0.1) is 13.2 Å². The molecule has 1 aromatic carbocycles. The van der Waals surface area contributed by atoms with Crippen molar-refractivity contribution in [2.45, 2.75) is 12.5 Å². The van der Waals surface area contributed by atoms with Crippen molar-refractivity contribution in [3.05, 3.63) is 52.0 Å². The Bertz CT molecular complexity index is 671. The summed E-state index contributed by atoms with van der Waals surface area (Å²) in [5.74, 6) is -0.664. The average molecular weight is 334 g/mol. The van der Waals surface area contributed by atoms with Crippen molar-refractivity contribution in [3.63, 3.8) is 0 Å². The van der Waals surface area contributed by atoms with Gasteiger partial charge in [-0.2, -0.15) is 11.3 Å². The summed E-state index contributed by atoms with van der Waals surface area (Å²) >= 11 is 1.65. The van der Waals surface area contributed by atoms with Gasteiger partial charge in [-0.25, -0.2) is 4.39 Å². The number of ether oxygens (including phenoxy) is 1. The van der Waals surface area contributed by atoms with E-state index in [4.69, 9.17) is 4.74 Å². The number of thiophene rings is 1. The van der Waals surface area contributed by atoms with E-state index < -0.39 is 5.82 Å². The largest absolute Gasteiger partial charge is 0.494 e. The van der Waals surface area contributed by atoms with E-state index in [9.17, 15) is 9.18 Å². The minimum atomic E-state index is -0.530. The van der Waals surface area contributed by atoms with Crippen LogP contribution in [0.15, 0.2) is 35.0 Å². The van der Waals surface area contributed by atoms with Crippen molar-refractivity contribution in [2.75, 3.05) is 26.7 Å². The van der Waals surface area contributed by atoms with Crippen LogP contribution in [0, 0.1) is 5.82 Å². The van der Waals surface area contributed by atoms with E-state index in [0.29, 0.717) is 12.1 Å². The van der Waals surface area contributed by atoms with E-state index in [2.05, 4.69) is 21.7 Å². The molecule has 3 rings (SSSR count). The summed E-state index contributed by atoms with van der Waals surface area (Å²) in [5.41, 5.74) is 1.52. The molecule has 1 aliphatic rings. The second-order valence-electron chi connectivity index (χ2n) is 5.52. The Morgan fingerprint density at radius 2 is 2.26 bits per heavy atom. The summed E-state index contributed by atoms with van der Waals surface area (Å²) in [6.07, 6.45) is 1.19. The minimum absolute atomic E-state index is 0.137. The van der Waals surface area contributed by atoms with Gasteiger partial charge in [0.2, 0.25) is 0 Å². The third kappa shape index (κ3) is 3.54. The molecule has 0 unspecified atom stereocenters. The van der Waals surface area contributed by atoms with Gasteiger partial charge in [-0.15, -0.1) is 0 Å². The number of carbonyl (C=O) groups is 1. The Kier molecular flexibility index (Phi) is 4.93.